The van der Waals surface area contributed by atoms with Crippen molar-refractivity contribution in [1.29, 1.82) is 0 Å². The van der Waals surface area contributed by atoms with Crippen molar-refractivity contribution >= 4 is 0 Å². The van der Waals surface area contributed by atoms with Crippen molar-refractivity contribution in [2.24, 2.45) is 5.73 Å². The SMILES string of the molecule is C/C=C(\CC)C[C@@H](C)N. The average molecular weight is 127 g/mol. The van der Waals surface area contributed by atoms with E-state index in [1.165, 1.54) is 5.57 Å². The highest BCUT2D eigenvalue weighted by atomic mass is 14.6. The van der Waals surface area contributed by atoms with Gasteiger partial charge in [-0.05, 0) is 26.7 Å². The molecule has 1 heteroatoms. The summed E-state index contributed by atoms with van der Waals surface area (Å²) in [6.45, 7) is 6.28. The van der Waals surface area contributed by atoms with Crippen LogP contribution in [0.3, 0.4) is 0 Å². The molecule has 0 aliphatic heterocycles. The highest BCUT2D eigenvalue weighted by Gasteiger charge is 1.95. The van der Waals surface area contributed by atoms with Crippen LogP contribution in [0.2, 0.25) is 0 Å². The largest absolute Gasteiger partial charge is 0.328 e. The molecule has 0 aromatic carbocycles. The molecule has 0 aromatic heterocycles. The van der Waals surface area contributed by atoms with Crippen molar-refractivity contribution < 1.29 is 0 Å². The average Bonchev–Trinajstić information content (AvgIpc) is 1.82. The molecule has 9 heavy (non-hydrogen) atoms. The summed E-state index contributed by atoms with van der Waals surface area (Å²) in [6.07, 6.45) is 4.34. The molecule has 0 saturated carbocycles. The monoisotopic (exact) mass is 127 g/mol. The van der Waals surface area contributed by atoms with Crippen molar-refractivity contribution in [3.05, 3.63) is 11.6 Å². The van der Waals surface area contributed by atoms with Crippen LogP contribution in [-0.4, -0.2) is 6.04 Å². The van der Waals surface area contributed by atoms with Gasteiger partial charge in [-0.25, -0.2) is 0 Å². The molecule has 0 bridgehead atoms. The lowest BCUT2D eigenvalue weighted by Gasteiger charge is -2.05. The van der Waals surface area contributed by atoms with Crippen molar-refractivity contribution in [1.82, 2.24) is 0 Å². The second kappa shape index (κ2) is 4.57. The number of rotatable bonds is 3. The van der Waals surface area contributed by atoms with E-state index in [1.807, 2.05) is 6.92 Å². The van der Waals surface area contributed by atoms with E-state index >= 15 is 0 Å². The van der Waals surface area contributed by atoms with Crippen LogP contribution >= 0.6 is 0 Å². The quantitative estimate of drug-likeness (QED) is 0.577. The smallest absolute Gasteiger partial charge is 0.00476 e. The highest BCUT2D eigenvalue weighted by Crippen LogP contribution is 2.06. The molecule has 0 unspecified atom stereocenters. The normalized spacial score (nSPS) is 15.8. The maximum absolute atomic E-state index is 5.60. The van der Waals surface area contributed by atoms with Gasteiger partial charge in [-0.1, -0.05) is 18.6 Å². The molecule has 0 heterocycles. The molecule has 54 valence electrons. The van der Waals surface area contributed by atoms with Crippen molar-refractivity contribution in [2.75, 3.05) is 0 Å². The molecule has 1 atom stereocenters. The van der Waals surface area contributed by atoms with Gasteiger partial charge in [-0.3, -0.25) is 0 Å². The first-order valence-electron chi connectivity index (χ1n) is 3.60. The van der Waals surface area contributed by atoms with E-state index < -0.39 is 0 Å². The number of allylic oxidation sites excluding steroid dienone is 1. The van der Waals surface area contributed by atoms with Gasteiger partial charge >= 0.3 is 0 Å². The van der Waals surface area contributed by atoms with Crippen LogP contribution in [0, 0.1) is 0 Å². The lowest BCUT2D eigenvalue weighted by Crippen LogP contribution is -2.15. The summed E-state index contributed by atoms with van der Waals surface area (Å²) < 4.78 is 0. The predicted octanol–water partition coefficient (Wildman–Crippen LogP) is 2.08. The predicted molar refractivity (Wildman–Crippen MR) is 42.3 cm³/mol. The summed E-state index contributed by atoms with van der Waals surface area (Å²) in [6, 6.07) is 0.316. The van der Waals surface area contributed by atoms with E-state index in [4.69, 9.17) is 5.73 Å². The minimum absolute atomic E-state index is 0.316. The van der Waals surface area contributed by atoms with Crippen LogP contribution in [0.5, 0.6) is 0 Å². The van der Waals surface area contributed by atoms with Crippen LogP contribution < -0.4 is 5.73 Å². The van der Waals surface area contributed by atoms with Gasteiger partial charge in [0.25, 0.3) is 0 Å². The van der Waals surface area contributed by atoms with Gasteiger partial charge in [0.05, 0.1) is 0 Å². The Morgan fingerprint density at radius 2 is 2.22 bits per heavy atom. The van der Waals surface area contributed by atoms with Crippen molar-refractivity contribution in [2.45, 2.75) is 39.7 Å². The molecule has 0 aliphatic carbocycles. The minimum Gasteiger partial charge on any atom is -0.328 e. The first kappa shape index (κ1) is 8.70. The Bertz CT molecular complexity index is 92.7. The van der Waals surface area contributed by atoms with Crippen molar-refractivity contribution in [3.8, 4) is 0 Å². The Morgan fingerprint density at radius 1 is 1.67 bits per heavy atom. The first-order valence-corrected chi connectivity index (χ1v) is 3.60. The van der Waals surface area contributed by atoms with Gasteiger partial charge < -0.3 is 5.73 Å². The molecule has 2 N–H and O–H groups in total. The Hall–Kier alpha value is -0.300. The van der Waals surface area contributed by atoms with E-state index in [9.17, 15) is 0 Å². The topological polar surface area (TPSA) is 26.0 Å². The van der Waals surface area contributed by atoms with Gasteiger partial charge in [0.15, 0.2) is 0 Å². The summed E-state index contributed by atoms with van der Waals surface area (Å²) in [4.78, 5) is 0. The summed E-state index contributed by atoms with van der Waals surface area (Å²) >= 11 is 0. The summed E-state index contributed by atoms with van der Waals surface area (Å²) in [5.74, 6) is 0. The maximum atomic E-state index is 5.60. The molecule has 0 fully saturated rings. The van der Waals surface area contributed by atoms with Crippen LogP contribution in [0.4, 0.5) is 0 Å². The lowest BCUT2D eigenvalue weighted by molar-refractivity contribution is 0.713. The summed E-state index contributed by atoms with van der Waals surface area (Å²) in [5.41, 5.74) is 7.07. The molecule has 0 radical (unpaired) electrons. The van der Waals surface area contributed by atoms with Gasteiger partial charge in [0.1, 0.15) is 0 Å². The van der Waals surface area contributed by atoms with Crippen LogP contribution in [0.25, 0.3) is 0 Å². The second-order valence-electron chi connectivity index (χ2n) is 2.48. The highest BCUT2D eigenvalue weighted by molar-refractivity contribution is 5.00. The lowest BCUT2D eigenvalue weighted by atomic mass is 10.1. The van der Waals surface area contributed by atoms with Gasteiger partial charge in [-0.2, -0.15) is 0 Å². The van der Waals surface area contributed by atoms with E-state index in [-0.39, 0.29) is 0 Å². The van der Waals surface area contributed by atoms with Crippen LogP contribution in [0.1, 0.15) is 33.6 Å². The third kappa shape index (κ3) is 4.22. The number of hydrogen-bond donors (Lipinski definition) is 1. The first-order chi connectivity index (χ1) is 4.20. The molecule has 0 saturated heterocycles. The van der Waals surface area contributed by atoms with Gasteiger partial charge in [0.2, 0.25) is 0 Å². The summed E-state index contributed by atoms with van der Waals surface area (Å²) in [7, 11) is 0. The van der Waals surface area contributed by atoms with E-state index in [0.29, 0.717) is 6.04 Å². The molecule has 0 spiro atoms. The molecule has 1 nitrogen and oxygen atoms in total. The third-order valence-electron chi connectivity index (χ3n) is 1.45. The third-order valence-corrected chi connectivity index (χ3v) is 1.45. The minimum atomic E-state index is 0.316. The standard InChI is InChI=1S/C8H17N/c1-4-8(5-2)6-7(3)9/h4,7H,5-6,9H2,1-3H3/b8-4+/t7-/m1/s1. The fourth-order valence-corrected chi connectivity index (χ4v) is 0.880. The van der Waals surface area contributed by atoms with Crippen LogP contribution in [0.15, 0.2) is 11.6 Å². The van der Waals surface area contributed by atoms with Gasteiger partial charge in [-0.15, -0.1) is 0 Å². The fraction of sp³-hybridized carbons (Fsp3) is 0.750. The van der Waals surface area contributed by atoms with Crippen LogP contribution in [-0.2, 0) is 0 Å². The van der Waals surface area contributed by atoms with Crippen molar-refractivity contribution in [3.63, 3.8) is 0 Å². The molecular formula is C8H17N. The van der Waals surface area contributed by atoms with E-state index in [0.717, 1.165) is 12.8 Å². The number of hydrogen-bond acceptors (Lipinski definition) is 1. The zero-order chi connectivity index (χ0) is 7.28. The second-order valence-corrected chi connectivity index (χ2v) is 2.48. The van der Waals surface area contributed by atoms with Gasteiger partial charge in [0, 0.05) is 6.04 Å². The Labute approximate surface area is 57.9 Å². The molecular weight excluding hydrogens is 110 g/mol. The molecule has 0 aliphatic rings. The zero-order valence-electron chi connectivity index (χ0n) is 6.65. The molecule has 0 aromatic rings. The fourth-order valence-electron chi connectivity index (χ4n) is 0.880. The Kier molecular flexibility index (Phi) is 4.41. The molecule has 0 rings (SSSR count). The zero-order valence-corrected chi connectivity index (χ0v) is 6.65. The van der Waals surface area contributed by atoms with E-state index in [2.05, 4.69) is 19.9 Å². The Morgan fingerprint density at radius 3 is 2.33 bits per heavy atom. The molecule has 0 amide bonds. The maximum Gasteiger partial charge on any atom is 0.00476 e. The Balaban J connectivity index is 3.58. The van der Waals surface area contributed by atoms with E-state index in [1.54, 1.807) is 0 Å². The number of nitrogens with two attached hydrogens (primary N) is 1. The summed E-state index contributed by atoms with van der Waals surface area (Å²) in [5, 5.41) is 0.